The number of rotatable bonds is 8. The molecule has 0 radical (unpaired) electrons. The van der Waals surface area contributed by atoms with Crippen LogP contribution < -0.4 is 40.0 Å². The van der Waals surface area contributed by atoms with Crippen molar-refractivity contribution in [2.24, 2.45) is 0 Å². The van der Waals surface area contributed by atoms with E-state index in [1.165, 1.54) is 0 Å². The van der Waals surface area contributed by atoms with Crippen molar-refractivity contribution in [3.05, 3.63) is 108 Å². The van der Waals surface area contributed by atoms with Gasteiger partial charge >= 0.3 is 29.6 Å². The minimum absolute atomic E-state index is 0. The number of hydrogen-bond donors (Lipinski definition) is 2. The molecule has 0 aromatic heterocycles. The summed E-state index contributed by atoms with van der Waals surface area (Å²) < 4.78 is 0. The van der Waals surface area contributed by atoms with Crippen molar-refractivity contribution in [2.45, 2.75) is 18.0 Å². The zero-order valence-electron chi connectivity index (χ0n) is 15.9. The second-order valence-electron chi connectivity index (χ2n) is 6.45. The molecular formula is C23H22NNaO3. The summed E-state index contributed by atoms with van der Waals surface area (Å²) >= 11 is 0. The SMILES string of the molecule is O=C([O-])C[C@@H](CO)NC(c1ccccc1)(c1ccccc1)c1ccccc1.[Na+]. The van der Waals surface area contributed by atoms with Gasteiger partial charge in [0.15, 0.2) is 0 Å². The van der Waals surface area contributed by atoms with Gasteiger partial charge in [0.1, 0.15) is 0 Å². The summed E-state index contributed by atoms with van der Waals surface area (Å²) in [6.07, 6.45) is -0.287. The van der Waals surface area contributed by atoms with Crippen molar-refractivity contribution in [3.63, 3.8) is 0 Å². The third kappa shape index (κ3) is 4.90. The van der Waals surface area contributed by atoms with E-state index in [0.717, 1.165) is 16.7 Å². The van der Waals surface area contributed by atoms with Crippen LogP contribution in [-0.2, 0) is 10.3 Å². The Morgan fingerprint density at radius 2 is 1.18 bits per heavy atom. The minimum Gasteiger partial charge on any atom is -0.550 e. The van der Waals surface area contributed by atoms with Gasteiger partial charge in [-0.15, -0.1) is 0 Å². The number of carboxylic acids is 1. The van der Waals surface area contributed by atoms with Gasteiger partial charge in [-0.25, -0.2) is 0 Å². The predicted octanol–water partition coefficient (Wildman–Crippen LogP) is -0.927. The second kappa shape index (κ2) is 10.6. The molecule has 0 bridgehead atoms. The first-order valence-electron chi connectivity index (χ1n) is 8.92. The zero-order valence-corrected chi connectivity index (χ0v) is 17.9. The number of hydrogen-bond acceptors (Lipinski definition) is 4. The van der Waals surface area contributed by atoms with Crippen LogP contribution in [0.1, 0.15) is 23.1 Å². The van der Waals surface area contributed by atoms with Crippen LogP contribution in [0.3, 0.4) is 0 Å². The van der Waals surface area contributed by atoms with Crippen LogP contribution in [0, 0.1) is 0 Å². The molecule has 0 spiro atoms. The topological polar surface area (TPSA) is 72.4 Å². The van der Waals surface area contributed by atoms with Gasteiger partial charge < -0.3 is 15.0 Å². The maximum atomic E-state index is 11.2. The number of aliphatic carboxylic acids is 1. The number of carbonyl (C=O) groups excluding carboxylic acids is 1. The van der Waals surface area contributed by atoms with Crippen LogP contribution in [0.5, 0.6) is 0 Å². The Kier molecular flexibility index (Phi) is 8.42. The van der Waals surface area contributed by atoms with Crippen molar-refractivity contribution in [1.82, 2.24) is 5.32 Å². The van der Waals surface area contributed by atoms with E-state index >= 15 is 0 Å². The molecule has 5 heteroatoms. The van der Waals surface area contributed by atoms with Crippen molar-refractivity contribution >= 4 is 5.97 Å². The average molecular weight is 383 g/mol. The Balaban J connectivity index is 0.00000280. The number of benzene rings is 3. The van der Waals surface area contributed by atoms with Crippen LogP contribution >= 0.6 is 0 Å². The molecule has 138 valence electrons. The summed E-state index contributed by atoms with van der Waals surface area (Å²) in [5, 5.41) is 24.5. The molecule has 3 aromatic carbocycles. The maximum absolute atomic E-state index is 11.2. The third-order valence-electron chi connectivity index (χ3n) is 4.67. The van der Waals surface area contributed by atoms with Crippen molar-refractivity contribution in [3.8, 4) is 0 Å². The van der Waals surface area contributed by atoms with Gasteiger partial charge in [0.2, 0.25) is 0 Å². The summed E-state index contributed by atoms with van der Waals surface area (Å²) in [7, 11) is 0. The minimum atomic E-state index is -1.20. The van der Waals surface area contributed by atoms with E-state index in [1.807, 2.05) is 91.0 Å². The Morgan fingerprint density at radius 3 is 1.46 bits per heavy atom. The second-order valence-corrected chi connectivity index (χ2v) is 6.45. The van der Waals surface area contributed by atoms with Crippen LogP contribution in [0.2, 0.25) is 0 Å². The van der Waals surface area contributed by atoms with Gasteiger partial charge in [-0.1, -0.05) is 91.0 Å². The molecule has 0 saturated carbocycles. The van der Waals surface area contributed by atoms with Crippen molar-refractivity contribution < 1.29 is 44.6 Å². The van der Waals surface area contributed by atoms with Gasteiger partial charge in [-0.05, 0) is 16.7 Å². The molecule has 0 unspecified atom stereocenters. The molecule has 0 aliphatic heterocycles. The first-order chi connectivity index (χ1) is 13.2. The zero-order chi connectivity index (χ0) is 19.1. The van der Waals surface area contributed by atoms with Crippen LogP contribution in [-0.4, -0.2) is 23.7 Å². The van der Waals surface area contributed by atoms with Gasteiger partial charge in [0.25, 0.3) is 0 Å². The Hall–Kier alpha value is -1.95. The quantitative estimate of drug-likeness (QED) is 0.390. The smallest absolute Gasteiger partial charge is 0.550 e. The van der Waals surface area contributed by atoms with E-state index in [1.54, 1.807) is 0 Å². The fourth-order valence-corrected chi connectivity index (χ4v) is 3.48. The molecular weight excluding hydrogens is 361 g/mol. The molecule has 4 nitrogen and oxygen atoms in total. The fourth-order valence-electron chi connectivity index (χ4n) is 3.48. The number of carboxylic acid groups (broad SMARTS) is 1. The molecule has 0 aliphatic carbocycles. The summed E-state index contributed by atoms with van der Waals surface area (Å²) in [6, 6.07) is 28.8. The van der Waals surface area contributed by atoms with E-state index < -0.39 is 17.6 Å². The molecule has 0 aliphatic rings. The molecule has 3 rings (SSSR count). The molecule has 0 saturated heterocycles. The summed E-state index contributed by atoms with van der Waals surface area (Å²) in [5.74, 6) is -1.20. The van der Waals surface area contributed by atoms with Gasteiger partial charge in [-0.2, -0.15) is 0 Å². The number of aliphatic hydroxyl groups excluding tert-OH is 1. The van der Waals surface area contributed by atoms with Crippen molar-refractivity contribution in [2.75, 3.05) is 6.61 Å². The normalized spacial score (nSPS) is 12.0. The number of aliphatic hydroxyl groups is 1. The van der Waals surface area contributed by atoms with E-state index in [4.69, 9.17) is 0 Å². The Labute approximate surface area is 187 Å². The monoisotopic (exact) mass is 383 g/mol. The summed E-state index contributed by atoms with van der Waals surface area (Å²) in [6.45, 7) is -0.317. The van der Waals surface area contributed by atoms with E-state index in [2.05, 4.69) is 5.32 Å². The van der Waals surface area contributed by atoms with Crippen LogP contribution in [0.25, 0.3) is 0 Å². The van der Waals surface area contributed by atoms with Gasteiger partial charge in [0, 0.05) is 18.4 Å². The Bertz CT molecular complexity index is 760. The summed E-state index contributed by atoms with van der Waals surface area (Å²) in [4.78, 5) is 11.2. The first-order valence-corrected chi connectivity index (χ1v) is 8.92. The van der Waals surface area contributed by atoms with Crippen LogP contribution in [0.4, 0.5) is 0 Å². The summed E-state index contributed by atoms with van der Waals surface area (Å²) in [5.41, 5.74) is 2.06. The largest absolute Gasteiger partial charge is 1.00 e. The molecule has 28 heavy (non-hydrogen) atoms. The molecule has 2 N–H and O–H groups in total. The fraction of sp³-hybridized carbons (Fsp3) is 0.174. The average Bonchev–Trinajstić information content (AvgIpc) is 2.73. The predicted molar refractivity (Wildman–Crippen MR) is 103 cm³/mol. The number of nitrogens with one attached hydrogen (secondary N) is 1. The van der Waals surface area contributed by atoms with Crippen molar-refractivity contribution in [1.29, 1.82) is 0 Å². The molecule has 0 amide bonds. The van der Waals surface area contributed by atoms with Crippen LogP contribution in [0.15, 0.2) is 91.0 Å². The standard InChI is InChI=1S/C23H23NO3.Na/c25-17-21(16-22(26)27)24-23(18-10-4-1-5-11-18,19-12-6-2-7-13-19)20-14-8-3-9-15-20;/h1-15,21,24-25H,16-17H2,(H,26,27);/q;+1/p-1/t21-;/m0./s1. The van der Waals surface area contributed by atoms with Gasteiger partial charge in [-0.3, -0.25) is 5.32 Å². The third-order valence-corrected chi connectivity index (χ3v) is 4.67. The van der Waals surface area contributed by atoms with E-state index in [-0.39, 0.29) is 42.6 Å². The molecule has 1 atom stereocenters. The molecule has 0 heterocycles. The molecule has 0 fully saturated rings. The van der Waals surface area contributed by atoms with E-state index in [9.17, 15) is 15.0 Å². The number of carbonyl (C=O) groups is 1. The van der Waals surface area contributed by atoms with E-state index in [0.29, 0.717) is 0 Å². The first kappa shape index (κ1) is 22.3. The van der Waals surface area contributed by atoms with Gasteiger partial charge in [0.05, 0.1) is 12.1 Å². The maximum Gasteiger partial charge on any atom is 1.00 e. The molecule has 3 aromatic rings. The Morgan fingerprint density at radius 1 is 0.821 bits per heavy atom.